The number of aliphatic hydroxyl groups excluding tert-OH is 1. The molecule has 0 aliphatic carbocycles. The molecule has 2 N–H and O–H groups in total. The fraction of sp³-hybridized carbons (Fsp3) is 0.923. The van der Waals surface area contributed by atoms with Crippen LogP contribution in [-0.2, 0) is 9.53 Å². The van der Waals surface area contributed by atoms with Crippen LogP contribution in [0.2, 0.25) is 0 Å². The molecule has 0 aromatic carbocycles. The van der Waals surface area contributed by atoms with E-state index in [1.165, 1.54) is 0 Å². The Morgan fingerprint density at radius 1 is 1.39 bits per heavy atom. The predicted molar refractivity (Wildman–Crippen MR) is 77.0 cm³/mol. The molecular weight excluding hydrogens is 250 g/mol. The molecular formula is C13H27NO3S. The Hall–Kier alpha value is -0.260. The van der Waals surface area contributed by atoms with Gasteiger partial charge in [0.2, 0.25) is 5.91 Å². The van der Waals surface area contributed by atoms with Crippen molar-refractivity contribution in [2.24, 2.45) is 0 Å². The van der Waals surface area contributed by atoms with Crippen LogP contribution in [0, 0.1) is 0 Å². The minimum atomic E-state index is -0.582. The lowest BCUT2D eigenvalue weighted by atomic mass is 10.1. The average Bonchev–Trinajstić information content (AvgIpc) is 2.24. The molecule has 0 rings (SSSR count). The fourth-order valence-electron chi connectivity index (χ4n) is 1.24. The van der Waals surface area contributed by atoms with E-state index in [1.54, 1.807) is 0 Å². The van der Waals surface area contributed by atoms with Gasteiger partial charge >= 0.3 is 0 Å². The van der Waals surface area contributed by atoms with E-state index < -0.39 is 11.1 Å². The Morgan fingerprint density at radius 3 is 2.39 bits per heavy atom. The number of carbonyl (C=O) groups is 1. The standard InChI is InChI=1S/C13H27NO3S/c1-10(18)6-7-11(16)14-12(2,3)9-17-13(4,5)8-15/h10,15,18H,6-9H2,1-5H3,(H,14,16). The van der Waals surface area contributed by atoms with Crippen molar-refractivity contribution in [2.45, 2.75) is 63.9 Å². The molecule has 18 heavy (non-hydrogen) atoms. The Bertz CT molecular complexity index is 265. The summed E-state index contributed by atoms with van der Waals surface area (Å²) in [6.07, 6.45) is 1.23. The van der Waals surface area contributed by atoms with Crippen LogP contribution in [0.3, 0.4) is 0 Å². The third-order valence-electron chi connectivity index (χ3n) is 2.47. The van der Waals surface area contributed by atoms with Crippen molar-refractivity contribution in [3.8, 4) is 0 Å². The van der Waals surface area contributed by atoms with Gasteiger partial charge < -0.3 is 15.2 Å². The maximum atomic E-state index is 11.7. The van der Waals surface area contributed by atoms with Crippen LogP contribution in [0.25, 0.3) is 0 Å². The van der Waals surface area contributed by atoms with Gasteiger partial charge in [-0.1, -0.05) is 6.92 Å². The maximum absolute atomic E-state index is 11.7. The molecule has 0 saturated carbocycles. The molecule has 0 aliphatic rings. The van der Waals surface area contributed by atoms with E-state index >= 15 is 0 Å². The largest absolute Gasteiger partial charge is 0.393 e. The first-order valence-electron chi connectivity index (χ1n) is 6.32. The number of thiol groups is 1. The molecule has 5 heteroatoms. The number of hydrogen-bond acceptors (Lipinski definition) is 4. The molecule has 0 aromatic heterocycles. The smallest absolute Gasteiger partial charge is 0.220 e. The summed E-state index contributed by atoms with van der Waals surface area (Å²) in [7, 11) is 0. The molecule has 4 nitrogen and oxygen atoms in total. The van der Waals surface area contributed by atoms with Crippen LogP contribution >= 0.6 is 12.6 Å². The van der Waals surface area contributed by atoms with Crippen molar-refractivity contribution < 1.29 is 14.6 Å². The number of amides is 1. The van der Waals surface area contributed by atoms with Crippen molar-refractivity contribution in [1.29, 1.82) is 0 Å². The molecule has 0 spiro atoms. The number of carbonyl (C=O) groups excluding carboxylic acids is 1. The molecule has 0 bridgehead atoms. The minimum Gasteiger partial charge on any atom is -0.393 e. The average molecular weight is 277 g/mol. The van der Waals surface area contributed by atoms with Crippen LogP contribution < -0.4 is 5.32 Å². The number of ether oxygens (including phenoxy) is 1. The van der Waals surface area contributed by atoms with E-state index in [9.17, 15) is 4.79 Å². The highest BCUT2D eigenvalue weighted by Gasteiger charge is 2.25. The number of hydrogen-bond donors (Lipinski definition) is 3. The molecule has 1 amide bonds. The monoisotopic (exact) mass is 277 g/mol. The quantitative estimate of drug-likeness (QED) is 0.593. The second-order valence-electron chi connectivity index (χ2n) is 6.03. The van der Waals surface area contributed by atoms with E-state index in [2.05, 4.69) is 17.9 Å². The molecule has 108 valence electrons. The van der Waals surface area contributed by atoms with E-state index in [0.717, 1.165) is 6.42 Å². The molecule has 0 heterocycles. The first-order valence-corrected chi connectivity index (χ1v) is 6.83. The van der Waals surface area contributed by atoms with Gasteiger partial charge in [0.25, 0.3) is 0 Å². The second-order valence-corrected chi connectivity index (χ2v) is 6.91. The maximum Gasteiger partial charge on any atom is 0.220 e. The van der Waals surface area contributed by atoms with Crippen molar-refractivity contribution in [2.75, 3.05) is 13.2 Å². The van der Waals surface area contributed by atoms with Crippen molar-refractivity contribution in [1.82, 2.24) is 5.32 Å². The molecule has 1 atom stereocenters. The predicted octanol–water partition coefficient (Wildman–Crippen LogP) is 1.77. The van der Waals surface area contributed by atoms with E-state index in [4.69, 9.17) is 9.84 Å². The van der Waals surface area contributed by atoms with Gasteiger partial charge in [-0.2, -0.15) is 12.6 Å². The summed E-state index contributed by atoms with van der Waals surface area (Å²) in [6, 6.07) is 0. The minimum absolute atomic E-state index is 0.00584. The number of aliphatic hydroxyl groups is 1. The first kappa shape index (κ1) is 17.7. The molecule has 0 saturated heterocycles. The van der Waals surface area contributed by atoms with E-state index in [-0.39, 0.29) is 17.8 Å². The lowest BCUT2D eigenvalue weighted by Gasteiger charge is -2.31. The Balaban J connectivity index is 4.10. The SMILES string of the molecule is CC(S)CCC(=O)NC(C)(C)COC(C)(C)CO. The zero-order chi connectivity index (χ0) is 14.4. The third kappa shape index (κ3) is 8.78. The Morgan fingerprint density at radius 2 is 1.94 bits per heavy atom. The normalized spacial score (nSPS) is 14.4. The van der Waals surface area contributed by atoms with Gasteiger partial charge in [0.15, 0.2) is 0 Å². The second kappa shape index (κ2) is 7.36. The van der Waals surface area contributed by atoms with Crippen LogP contribution in [-0.4, -0.2) is 40.6 Å². The third-order valence-corrected chi connectivity index (χ3v) is 2.73. The van der Waals surface area contributed by atoms with E-state index in [0.29, 0.717) is 13.0 Å². The van der Waals surface area contributed by atoms with Crippen molar-refractivity contribution >= 4 is 18.5 Å². The van der Waals surface area contributed by atoms with Gasteiger partial charge in [-0.05, 0) is 39.4 Å². The van der Waals surface area contributed by atoms with Gasteiger partial charge in [0.05, 0.1) is 24.4 Å². The van der Waals surface area contributed by atoms with Crippen LogP contribution in [0.1, 0.15) is 47.5 Å². The topological polar surface area (TPSA) is 58.6 Å². The zero-order valence-electron chi connectivity index (χ0n) is 12.1. The molecule has 0 radical (unpaired) electrons. The summed E-state index contributed by atoms with van der Waals surface area (Å²) in [5, 5.41) is 12.3. The number of nitrogens with one attached hydrogen (secondary N) is 1. The Kier molecular flexibility index (Phi) is 7.25. The highest BCUT2D eigenvalue weighted by Crippen LogP contribution is 2.13. The first-order chi connectivity index (χ1) is 8.08. The highest BCUT2D eigenvalue weighted by atomic mass is 32.1. The van der Waals surface area contributed by atoms with Crippen LogP contribution in [0.5, 0.6) is 0 Å². The lowest BCUT2D eigenvalue weighted by molar-refractivity contribution is -0.125. The van der Waals surface area contributed by atoms with Crippen molar-refractivity contribution in [3.05, 3.63) is 0 Å². The molecule has 0 fully saturated rings. The fourth-order valence-corrected chi connectivity index (χ4v) is 1.37. The summed E-state index contributed by atoms with van der Waals surface area (Å²) >= 11 is 4.24. The summed E-state index contributed by atoms with van der Waals surface area (Å²) < 4.78 is 5.59. The zero-order valence-corrected chi connectivity index (χ0v) is 13.0. The van der Waals surface area contributed by atoms with E-state index in [1.807, 2.05) is 34.6 Å². The van der Waals surface area contributed by atoms with Crippen molar-refractivity contribution in [3.63, 3.8) is 0 Å². The van der Waals surface area contributed by atoms with Gasteiger partial charge in [0.1, 0.15) is 0 Å². The molecule has 0 aliphatic heterocycles. The molecule has 1 unspecified atom stereocenters. The van der Waals surface area contributed by atoms with Gasteiger partial charge in [-0.25, -0.2) is 0 Å². The summed E-state index contributed by atoms with van der Waals surface area (Å²) in [4.78, 5) is 11.7. The molecule has 0 aromatic rings. The van der Waals surface area contributed by atoms with Crippen LogP contribution in [0.15, 0.2) is 0 Å². The summed E-state index contributed by atoms with van der Waals surface area (Å²) in [5.41, 5.74) is -1.02. The lowest BCUT2D eigenvalue weighted by Crippen LogP contribution is -2.49. The van der Waals surface area contributed by atoms with Gasteiger partial charge in [0, 0.05) is 6.42 Å². The highest BCUT2D eigenvalue weighted by molar-refractivity contribution is 7.80. The van der Waals surface area contributed by atoms with Crippen LogP contribution in [0.4, 0.5) is 0 Å². The summed E-state index contributed by atoms with van der Waals surface area (Å²) in [6.45, 7) is 9.72. The summed E-state index contributed by atoms with van der Waals surface area (Å²) in [5.74, 6) is 0.00584. The Labute approximate surface area is 116 Å². The van der Waals surface area contributed by atoms with Gasteiger partial charge in [-0.3, -0.25) is 4.79 Å². The number of rotatable bonds is 8. The van der Waals surface area contributed by atoms with Gasteiger partial charge in [-0.15, -0.1) is 0 Å².